The molecule has 1 atom stereocenters. The molecule has 1 fully saturated rings. The van der Waals surface area contributed by atoms with E-state index in [0.29, 0.717) is 5.82 Å². The van der Waals surface area contributed by atoms with E-state index < -0.39 is 6.04 Å². The van der Waals surface area contributed by atoms with Crippen molar-refractivity contribution in [2.45, 2.75) is 19.4 Å². The van der Waals surface area contributed by atoms with Gasteiger partial charge in [-0.1, -0.05) is 6.07 Å². The summed E-state index contributed by atoms with van der Waals surface area (Å²) in [6.45, 7) is 1.93. The lowest BCUT2D eigenvalue weighted by atomic mass is 10.2. The molecule has 0 bridgehead atoms. The van der Waals surface area contributed by atoms with Crippen LogP contribution in [0, 0.1) is 6.92 Å². The van der Waals surface area contributed by atoms with E-state index in [2.05, 4.69) is 15.6 Å². The summed E-state index contributed by atoms with van der Waals surface area (Å²) in [7, 11) is 0. The van der Waals surface area contributed by atoms with Crippen LogP contribution < -0.4 is 10.6 Å². The molecule has 15 heavy (non-hydrogen) atoms. The molecule has 1 aromatic heterocycles. The van der Waals surface area contributed by atoms with Gasteiger partial charge in [-0.25, -0.2) is 4.98 Å². The number of hydrogen-bond acceptors (Lipinski definition) is 4. The van der Waals surface area contributed by atoms with Gasteiger partial charge in [-0.15, -0.1) is 0 Å². The number of hydrogen-bond donors (Lipinski definition) is 2. The fourth-order valence-corrected chi connectivity index (χ4v) is 1.40. The standard InChI is InChI=1S/C10H11N3O2/c1-6-2-3-8(11-5-6)12-7-4-9(14)13-10(7)15/h2-3,5,7H,4H2,1H3,(H,11,12)(H,13,14,15). The van der Waals surface area contributed by atoms with Crippen LogP contribution in [0.25, 0.3) is 0 Å². The Labute approximate surface area is 86.9 Å². The molecular formula is C10H11N3O2. The lowest BCUT2D eigenvalue weighted by Crippen LogP contribution is -2.30. The van der Waals surface area contributed by atoms with Gasteiger partial charge in [0.25, 0.3) is 0 Å². The number of aromatic nitrogens is 1. The maximum atomic E-state index is 11.2. The summed E-state index contributed by atoms with van der Waals surface area (Å²) in [5.41, 5.74) is 1.05. The van der Waals surface area contributed by atoms with Crippen molar-refractivity contribution in [3.05, 3.63) is 23.9 Å². The van der Waals surface area contributed by atoms with E-state index in [4.69, 9.17) is 0 Å². The van der Waals surface area contributed by atoms with Gasteiger partial charge < -0.3 is 5.32 Å². The van der Waals surface area contributed by atoms with Crippen molar-refractivity contribution in [1.29, 1.82) is 0 Å². The van der Waals surface area contributed by atoms with Gasteiger partial charge in [0.15, 0.2) is 0 Å². The maximum absolute atomic E-state index is 11.2. The topological polar surface area (TPSA) is 71.1 Å². The van der Waals surface area contributed by atoms with E-state index in [9.17, 15) is 9.59 Å². The zero-order valence-corrected chi connectivity index (χ0v) is 8.28. The monoisotopic (exact) mass is 205 g/mol. The number of carbonyl (C=O) groups excluding carboxylic acids is 2. The van der Waals surface area contributed by atoms with Crippen LogP contribution >= 0.6 is 0 Å². The summed E-state index contributed by atoms with van der Waals surface area (Å²) in [6, 6.07) is 3.18. The second kappa shape index (κ2) is 3.68. The lowest BCUT2D eigenvalue weighted by molar-refractivity contribution is -0.124. The van der Waals surface area contributed by atoms with Crippen LogP contribution in [0.3, 0.4) is 0 Å². The molecule has 2 heterocycles. The van der Waals surface area contributed by atoms with Gasteiger partial charge in [-0.05, 0) is 18.6 Å². The molecule has 1 aliphatic rings. The highest BCUT2D eigenvalue weighted by Gasteiger charge is 2.30. The third-order valence-corrected chi connectivity index (χ3v) is 2.20. The Morgan fingerprint density at radius 2 is 2.27 bits per heavy atom. The Morgan fingerprint density at radius 1 is 1.47 bits per heavy atom. The lowest BCUT2D eigenvalue weighted by Gasteiger charge is -2.09. The smallest absolute Gasteiger partial charge is 0.249 e. The Hall–Kier alpha value is -1.91. The van der Waals surface area contributed by atoms with Crippen molar-refractivity contribution in [1.82, 2.24) is 10.3 Å². The zero-order valence-electron chi connectivity index (χ0n) is 8.28. The molecule has 0 saturated carbocycles. The number of imide groups is 1. The third kappa shape index (κ3) is 2.12. The van der Waals surface area contributed by atoms with Gasteiger partial charge in [-0.2, -0.15) is 0 Å². The van der Waals surface area contributed by atoms with Crippen molar-refractivity contribution >= 4 is 17.6 Å². The van der Waals surface area contributed by atoms with Crippen LogP contribution in [-0.4, -0.2) is 22.8 Å². The Balaban J connectivity index is 2.06. The quantitative estimate of drug-likeness (QED) is 0.677. The van der Waals surface area contributed by atoms with Crippen molar-refractivity contribution in [2.24, 2.45) is 0 Å². The Kier molecular flexibility index (Phi) is 2.37. The van der Waals surface area contributed by atoms with Gasteiger partial charge in [0, 0.05) is 6.20 Å². The molecule has 1 aromatic rings. The molecule has 0 aromatic carbocycles. The maximum Gasteiger partial charge on any atom is 0.249 e. The van der Waals surface area contributed by atoms with Gasteiger partial charge in [-0.3, -0.25) is 14.9 Å². The van der Waals surface area contributed by atoms with Crippen molar-refractivity contribution in [2.75, 3.05) is 5.32 Å². The normalized spacial score (nSPS) is 20.2. The van der Waals surface area contributed by atoms with Crippen LogP contribution in [-0.2, 0) is 9.59 Å². The highest BCUT2D eigenvalue weighted by Crippen LogP contribution is 2.10. The molecule has 2 N–H and O–H groups in total. The van der Waals surface area contributed by atoms with Crippen LogP contribution in [0.15, 0.2) is 18.3 Å². The first kappa shape index (κ1) is 9.64. The van der Waals surface area contributed by atoms with Crippen molar-refractivity contribution in [3.63, 3.8) is 0 Å². The summed E-state index contributed by atoms with van der Waals surface area (Å²) < 4.78 is 0. The van der Waals surface area contributed by atoms with E-state index in [1.54, 1.807) is 12.3 Å². The van der Waals surface area contributed by atoms with Crippen LogP contribution in [0.5, 0.6) is 0 Å². The van der Waals surface area contributed by atoms with E-state index in [1.165, 1.54) is 0 Å². The summed E-state index contributed by atoms with van der Waals surface area (Å²) in [5.74, 6) is 0.0717. The molecule has 2 amide bonds. The fourth-order valence-electron chi connectivity index (χ4n) is 1.40. The minimum Gasteiger partial charge on any atom is -0.358 e. The third-order valence-electron chi connectivity index (χ3n) is 2.20. The SMILES string of the molecule is Cc1ccc(NC2CC(=O)NC2=O)nc1. The van der Waals surface area contributed by atoms with E-state index in [-0.39, 0.29) is 18.2 Å². The van der Waals surface area contributed by atoms with E-state index in [0.717, 1.165) is 5.56 Å². The van der Waals surface area contributed by atoms with Gasteiger partial charge >= 0.3 is 0 Å². The van der Waals surface area contributed by atoms with Crippen molar-refractivity contribution < 1.29 is 9.59 Å². The number of anilines is 1. The first-order valence-electron chi connectivity index (χ1n) is 4.68. The summed E-state index contributed by atoms with van der Waals surface area (Å²) in [4.78, 5) is 26.2. The number of amides is 2. The van der Waals surface area contributed by atoms with E-state index >= 15 is 0 Å². The van der Waals surface area contributed by atoms with Crippen LogP contribution in [0.2, 0.25) is 0 Å². The molecule has 78 valence electrons. The van der Waals surface area contributed by atoms with Gasteiger partial charge in [0.2, 0.25) is 11.8 Å². The predicted octanol–water partition coefficient (Wildman–Crippen LogP) is 0.217. The highest BCUT2D eigenvalue weighted by molar-refractivity contribution is 6.06. The molecule has 0 aliphatic carbocycles. The fraction of sp³-hybridized carbons (Fsp3) is 0.300. The minimum absolute atomic E-state index is 0.175. The van der Waals surface area contributed by atoms with Gasteiger partial charge in [0.05, 0.1) is 6.42 Å². The number of pyridine rings is 1. The first-order chi connectivity index (χ1) is 7.15. The number of aryl methyl sites for hydroxylation is 1. The zero-order chi connectivity index (χ0) is 10.8. The first-order valence-corrected chi connectivity index (χ1v) is 4.68. The second-order valence-electron chi connectivity index (χ2n) is 3.53. The molecule has 0 radical (unpaired) electrons. The molecule has 1 unspecified atom stereocenters. The minimum atomic E-state index is -0.493. The molecule has 5 nitrogen and oxygen atoms in total. The second-order valence-corrected chi connectivity index (χ2v) is 3.53. The number of rotatable bonds is 2. The number of nitrogens with zero attached hydrogens (tertiary/aromatic N) is 1. The average Bonchev–Trinajstić information content (AvgIpc) is 2.49. The average molecular weight is 205 g/mol. The highest BCUT2D eigenvalue weighted by atomic mass is 16.2. The molecule has 0 spiro atoms. The molecule has 1 saturated heterocycles. The summed E-state index contributed by atoms with van der Waals surface area (Å²) >= 11 is 0. The Morgan fingerprint density at radius 3 is 2.80 bits per heavy atom. The van der Waals surface area contributed by atoms with Crippen LogP contribution in [0.1, 0.15) is 12.0 Å². The van der Waals surface area contributed by atoms with Gasteiger partial charge in [0.1, 0.15) is 11.9 Å². The Bertz CT molecular complexity index is 400. The predicted molar refractivity (Wildman–Crippen MR) is 54.2 cm³/mol. The van der Waals surface area contributed by atoms with Crippen molar-refractivity contribution in [3.8, 4) is 0 Å². The van der Waals surface area contributed by atoms with E-state index in [1.807, 2.05) is 13.0 Å². The largest absolute Gasteiger partial charge is 0.358 e. The summed E-state index contributed by atoms with van der Waals surface area (Å²) in [5, 5.41) is 5.13. The molecule has 1 aliphatic heterocycles. The number of carbonyl (C=O) groups is 2. The molecule has 5 heteroatoms. The number of nitrogens with one attached hydrogen (secondary N) is 2. The summed E-state index contributed by atoms with van der Waals surface area (Å²) in [6.07, 6.45) is 1.88. The molecular weight excluding hydrogens is 194 g/mol. The van der Waals surface area contributed by atoms with Crippen LogP contribution in [0.4, 0.5) is 5.82 Å². The molecule has 2 rings (SSSR count).